The van der Waals surface area contributed by atoms with E-state index in [-0.39, 0.29) is 17.5 Å². The van der Waals surface area contributed by atoms with Gasteiger partial charge in [-0.3, -0.25) is 0 Å². The minimum absolute atomic E-state index is 0.00538. The molecule has 0 aliphatic carbocycles. The maximum atomic E-state index is 11.3. The Bertz CT molecular complexity index is 847. The number of rotatable bonds is 5. The molecule has 0 amide bonds. The van der Waals surface area contributed by atoms with E-state index >= 15 is 0 Å². The molecule has 1 aromatic carbocycles. The monoisotopic (exact) mass is 319 g/mol. The standard InChI is InChI=1S/C13H13N5O3S/c1-9(2)12-16-13(21-8-7-14)17-18(12)10-3-5-11(6-4-10)22(15,19)20/h3-6H,1,8H2,2H3,(H2,15,19,20). The molecule has 2 rings (SSSR count). The first-order valence-electron chi connectivity index (χ1n) is 6.09. The summed E-state index contributed by atoms with van der Waals surface area (Å²) in [5.74, 6) is 0.441. The molecule has 0 radical (unpaired) electrons. The van der Waals surface area contributed by atoms with Gasteiger partial charge in [-0.15, -0.1) is 5.10 Å². The first-order chi connectivity index (χ1) is 10.3. The van der Waals surface area contributed by atoms with Gasteiger partial charge in [-0.1, -0.05) is 6.58 Å². The van der Waals surface area contributed by atoms with Crippen molar-refractivity contribution >= 4 is 15.6 Å². The smallest absolute Gasteiger partial charge is 0.337 e. The summed E-state index contributed by atoms with van der Waals surface area (Å²) in [6.45, 7) is 5.37. The van der Waals surface area contributed by atoms with Gasteiger partial charge in [0.2, 0.25) is 10.0 Å². The molecule has 0 unspecified atom stereocenters. The summed E-state index contributed by atoms with van der Waals surface area (Å²) >= 11 is 0. The van der Waals surface area contributed by atoms with Crippen molar-refractivity contribution in [2.75, 3.05) is 6.61 Å². The molecule has 2 aromatic rings. The number of benzene rings is 1. The Kier molecular flexibility index (Phi) is 4.25. The molecule has 0 aliphatic rings. The van der Waals surface area contributed by atoms with Crippen LogP contribution in [0.25, 0.3) is 11.3 Å². The number of hydrogen-bond acceptors (Lipinski definition) is 6. The number of primary sulfonamides is 1. The largest absolute Gasteiger partial charge is 0.447 e. The van der Waals surface area contributed by atoms with Crippen molar-refractivity contribution in [2.45, 2.75) is 11.8 Å². The molecule has 2 N–H and O–H groups in total. The zero-order valence-electron chi connectivity index (χ0n) is 11.7. The van der Waals surface area contributed by atoms with Gasteiger partial charge in [0.1, 0.15) is 6.07 Å². The molecule has 0 atom stereocenters. The fourth-order valence-electron chi connectivity index (χ4n) is 1.68. The number of sulfonamides is 1. The van der Waals surface area contributed by atoms with Crippen molar-refractivity contribution in [1.82, 2.24) is 14.8 Å². The van der Waals surface area contributed by atoms with E-state index < -0.39 is 10.0 Å². The second-order valence-electron chi connectivity index (χ2n) is 4.40. The third-order valence-electron chi connectivity index (χ3n) is 2.65. The second kappa shape index (κ2) is 5.97. The van der Waals surface area contributed by atoms with Crippen LogP contribution in [0.4, 0.5) is 0 Å². The maximum Gasteiger partial charge on any atom is 0.337 e. The molecular weight excluding hydrogens is 306 g/mol. The van der Waals surface area contributed by atoms with E-state index in [4.69, 9.17) is 15.1 Å². The number of allylic oxidation sites excluding steroid dienone is 1. The van der Waals surface area contributed by atoms with Gasteiger partial charge in [0.15, 0.2) is 12.4 Å². The van der Waals surface area contributed by atoms with E-state index in [1.54, 1.807) is 6.92 Å². The van der Waals surface area contributed by atoms with E-state index in [0.717, 1.165) is 0 Å². The molecule has 0 saturated carbocycles. The van der Waals surface area contributed by atoms with E-state index in [1.807, 2.05) is 6.07 Å². The number of hydrogen-bond donors (Lipinski definition) is 1. The normalized spacial score (nSPS) is 11.0. The molecule has 1 heterocycles. The fourth-order valence-corrected chi connectivity index (χ4v) is 2.20. The van der Waals surface area contributed by atoms with E-state index in [1.165, 1.54) is 28.9 Å². The van der Waals surface area contributed by atoms with E-state index in [9.17, 15) is 8.42 Å². The molecule has 0 bridgehead atoms. The van der Waals surface area contributed by atoms with Crippen molar-refractivity contribution in [2.24, 2.45) is 5.14 Å². The predicted molar refractivity (Wildman–Crippen MR) is 78.5 cm³/mol. The van der Waals surface area contributed by atoms with Crippen molar-refractivity contribution in [3.05, 3.63) is 36.7 Å². The zero-order valence-corrected chi connectivity index (χ0v) is 12.5. The highest BCUT2D eigenvalue weighted by Crippen LogP contribution is 2.19. The Hall–Kier alpha value is -2.70. The lowest BCUT2D eigenvalue weighted by Gasteiger charge is -2.05. The van der Waals surface area contributed by atoms with Crippen molar-refractivity contribution < 1.29 is 13.2 Å². The van der Waals surface area contributed by atoms with Crippen molar-refractivity contribution in [3.63, 3.8) is 0 Å². The lowest BCUT2D eigenvalue weighted by Crippen LogP contribution is -2.12. The van der Waals surface area contributed by atoms with Crippen LogP contribution >= 0.6 is 0 Å². The number of ether oxygens (including phenoxy) is 1. The SMILES string of the molecule is C=C(C)c1nc(OCC#N)nn1-c1ccc(S(N)(=O)=O)cc1. The Morgan fingerprint density at radius 3 is 2.59 bits per heavy atom. The summed E-state index contributed by atoms with van der Waals surface area (Å²) in [6.07, 6.45) is 0. The average molecular weight is 319 g/mol. The number of nitriles is 1. The average Bonchev–Trinajstić information content (AvgIpc) is 2.89. The van der Waals surface area contributed by atoms with Crippen LogP contribution in [0.15, 0.2) is 35.7 Å². The van der Waals surface area contributed by atoms with Crippen LogP contribution in [0.5, 0.6) is 6.01 Å². The first-order valence-corrected chi connectivity index (χ1v) is 7.63. The highest BCUT2D eigenvalue weighted by atomic mass is 32.2. The Morgan fingerprint density at radius 2 is 2.09 bits per heavy atom. The molecule has 9 heteroatoms. The van der Waals surface area contributed by atoms with Gasteiger partial charge < -0.3 is 4.74 Å². The summed E-state index contributed by atoms with van der Waals surface area (Å²) in [6, 6.07) is 7.66. The van der Waals surface area contributed by atoms with Crippen LogP contribution in [0.2, 0.25) is 0 Å². The molecule has 0 spiro atoms. The van der Waals surface area contributed by atoms with Gasteiger partial charge >= 0.3 is 6.01 Å². The molecule has 8 nitrogen and oxygen atoms in total. The van der Waals surface area contributed by atoms with Crippen LogP contribution in [-0.4, -0.2) is 29.8 Å². The van der Waals surface area contributed by atoms with Crippen LogP contribution < -0.4 is 9.88 Å². The van der Waals surface area contributed by atoms with E-state index in [2.05, 4.69) is 16.7 Å². The molecule has 22 heavy (non-hydrogen) atoms. The summed E-state index contributed by atoms with van der Waals surface area (Å²) in [5.41, 5.74) is 1.19. The van der Waals surface area contributed by atoms with Gasteiger partial charge in [-0.05, 0) is 36.8 Å². The molecule has 1 aromatic heterocycles. The van der Waals surface area contributed by atoms with Crippen LogP contribution in [0.3, 0.4) is 0 Å². The van der Waals surface area contributed by atoms with Crippen LogP contribution in [-0.2, 0) is 10.0 Å². The van der Waals surface area contributed by atoms with Crippen LogP contribution in [0.1, 0.15) is 12.7 Å². The van der Waals surface area contributed by atoms with Gasteiger partial charge in [-0.25, -0.2) is 18.2 Å². The highest BCUT2D eigenvalue weighted by Gasteiger charge is 2.14. The Balaban J connectivity index is 2.45. The summed E-state index contributed by atoms with van der Waals surface area (Å²) < 4.78 is 29.0. The van der Waals surface area contributed by atoms with Crippen molar-refractivity contribution in [1.29, 1.82) is 5.26 Å². The molecule has 0 aliphatic heterocycles. The summed E-state index contributed by atoms with van der Waals surface area (Å²) in [5, 5.41) is 17.7. The van der Waals surface area contributed by atoms with Gasteiger partial charge in [0.25, 0.3) is 0 Å². The lowest BCUT2D eigenvalue weighted by atomic mass is 10.3. The molecule has 114 valence electrons. The number of nitrogens with two attached hydrogens (primary N) is 1. The number of aromatic nitrogens is 3. The maximum absolute atomic E-state index is 11.3. The van der Waals surface area contributed by atoms with Gasteiger partial charge in [-0.2, -0.15) is 10.2 Å². The predicted octanol–water partition coefficient (Wildman–Crippen LogP) is 0.850. The summed E-state index contributed by atoms with van der Waals surface area (Å²) in [7, 11) is -3.76. The van der Waals surface area contributed by atoms with Gasteiger partial charge in [0.05, 0.1) is 10.6 Å². The third-order valence-corrected chi connectivity index (χ3v) is 3.57. The minimum Gasteiger partial charge on any atom is -0.447 e. The highest BCUT2D eigenvalue weighted by molar-refractivity contribution is 7.89. The lowest BCUT2D eigenvalue weighted by molar-refractivity contribution is 0.337. The zero-order chi connectivity index (χ0) is 16.3. The van der Waals surface area contributed by atoms with Crippen LogP contribution in [0, 0.1) is 11.3 Å². The van der Waals surface area contributed by atoms with Crippen molar-refractivity contribution in [3.8, 4) is 17.8 Å². The molecule has 0 fully saturated rings. The van der Waals surface area contributed by atoms with Gasteiger partial charge in [0, 0.05) is 0 Å². The second-order valence-corrected chi connectivity index (χ2v) is 5.96. The third kappa shape index (κ3) is 3.30. The summed E-state index contributed by atoms with van der Waals surface area (Å²) in [4.78, 5) is 4.13. The molecule has 0 saturated heterocycles. The fraction of sp³-hybridized carbons (Fsp3) is 0.154. The quantitative estimate of drug-likeness (QED) is 0.871. The topological polar surface area (TPSA) is 124 Å². The number of nitrogens with zero attached hydrogens (tertiary/aromatic N) is 4. The Morgan fingerprint density at radius 1 is 1.45 bits per heavy atom. The molecular formula is C13H13N5O3S. The Labute approximate surface area is 127 Å². The minimum atomic E-state index is -3.76. The van der Waals surface area contributed by atoms with E-state index in [0.29, 0.717) is 17.1 Å². The first kappa shape index (κ1) is 15.7.